The fraction of sp³-hybridized carbons (Fsp3) is 0.697. The first-order valence-corrected chi connectivity index (χ1v) is 15.6. The van der Waals surface area contributed by atoms with Crippen LogP contribution in [-0.4, -0.2) is 47.2 Å². The van der Waals surface area contributed by atoms with E-state index in [4.69, 9.17) is 4.74 Å². The second-order valence-electron chi connectivity index (χ2n) is 11.0. The normalized spacial score (nSPS) is 11.7. The van der Waals surface area contributed by atoms with Crippen molar-refractivity contribution in [2.45, 2.75) is 118 Å². The second kappa shape index (κ2) is 19.2. The number of hydrogen-bond donors (Lipinski definition) is 0. The van der Waals surface area contributed by atoms with Gasteiger partial charge in [0.15, 0.2) is 5.82 Å². The number of aromatic nitrogens is 2. The Balaban J connectivity index is 1.81. The lowest BCUT2D eigenvalue weighted by Gasteiger charge is -2.39. The highest BCUT2D eigenvalue weighted by atomic mass is 16.5. The fourth-order valence-corrected chi connectivity index (χ4v) is 5.18. The zero-order valence-electron chi connectivity index (χ0n) is 24.6. The van der Waals surface area contributed by atoms with Crippen LogP contribution in [0.5, 0.6) is 5.75 Å². The van der Waals surface area contributed by atoms with E-state index in [1.165, 1.54) is 113 Å². The summed E-state index contributed by atoms with van der Waals surface area (Å²) in [5, 5.41) is 0. The monoisotopic (exact) mass is 510 g/mol. The molecule has 1 aromatic heterocycles. The molecule has 1 heterocycles. The molecule has 0 aliphatic rings. The Morgan fingerprint density at radius 1 is 0.595 bits per heavy atom. The van der Waals surface area contributed by atoms with Gasteiger partial charge < -0.3 is 9.22 Å². The number of ether oxygens (including phenoxy) is 1. The van der Waals surface area contributed by atoms with Gasteiger partial charge >= 0.3 is 0 Å². The lowest BCUT2D eigenvalue weighted by atomic mass is 10.1. The summed E-state index contributed by atoms with van der Waals surface area (Å²) in [5.74, 6) is 1.74. The molecule has 0 fully saturated rings. The summed E-state index contributed by atoms with van der Waals surface area (Å²) in [5.41, 5.74) is 2.29. The molecule has 0 saturated heterocycles. The SMILES string of the molecule is CCCCCCCCc1cnc(-c2ccc(OCCC[N+](CCCC)(CCCC)CCCC)cc2)nc1. The standard InChI is InChI=1S/C33H56N3O/c1-5-9-13-14-15-16-18-30-28-34-33(35-29-30)31-19-21-32(22-20-31)37-27-17-26-36(23-10-6-2,24-11-7-3)25-12-8-4/h19-22,28-29H,5-18,23-27H2,1-4H3/q+1. The fourth-order valence-electron chi connectivity index (χ4n) is 5.18. The average molecular weight is 511 g/mol. The Labute approximate surface area is 228 Å². The molecular formula is C33H56N3O+. The molecule has 0 atom stereocenters. The number of hydrogen-bond acceptors (Lipinski definition) is 3. The summed E-state index contributed by atoms with van der Waals surface area (Å²) >= 11 is 0. The lowest BCUT2D eigenvalue weighted by molar-refractivity contribution is -0.929. The quantitative estimate of drug-likeness (QED) is 0.117. The highest BCUT2D eigenvalue weighted by Crippen LogP contribution is 2.21. The first-order valence-electron chi connectivity index (χ1n) is 15.6. The first-order chi connectivity index (χ1) is 18.2. The smallest absolute Gasteiger partial charge is 0.159 e. The third-order valence-electron chi connectivity index (χ3n) is 7.64. The maximum atomic E-state index is 6.15. The Morgan fingerprint density at radius 3 is 1.68 bits per heavy atom. The van der Waals surface area contributed by atoms with Gasteiger partial charge in [-0.1, -0.05) is 79.1 Å². The summed E-state index contributed by atoms with van der Waals surface area (Å²) < 4.78 is 7.44. The molecule has 2 aromatic rings. The van der Waals surface area contributed by atoms with Gasteiger partial charge in [-0.2, -0.15) is 0 Å². The van der Waals surface area contributed by atoms with E-state index in [0.717, 1.165) is 36.6 Å². The van der Waals surface area contributed by atoms with Crippen LogP contribution >= 0.6 is 0 Å². The highest BCUT2D eigenvalue weighted by molar-refractivity contribution is 5.55. The highest BCUT2D eigenvalue weighted by Gasteiger charge is 2.25. The Morgan fingerprint density at radius 2 is 1.11 bits per heavy atom. The molecule has 0 aliphatic heterocycles. The van der Waals surface area contributed by atoms with Crippen molar-refractivity contribution in [2.75, 3.05) is 32.8 Å². The van der Waals surface area contributed by atoms with Crippen molar-refractivity contribution in [3.05, 3.63) is 42.2 Å². The predicted molar refractivity (Wildman–Crippen MR) is 159 cm³/mol. The van der Waals surface area contributed by atoms with Gasteiger partial charge in [-0.15, -0.1) is 0 Å². The van der Waals surface area contributed by atoms with Crippen LogP contribution in [0.4, 0.5) is 0 Å². The Kier molecular flexibility index (Phi) is 16.2. The molecule has 0 amide bonds. The van der Waals surface area contributed by atoms with Gasteiger partial charge in [0.25, 0.3) is 0 Å². The van der Waals surface area contributed by atoms with Crippen LogP contribution in [0.15, 0.2) is 36.7 Å². The van der Waals surface area contributed by atoms with Crippen molar-refractivity contribution < 1.29 is 9.22 Å². The van der Waals surface area contributed by atoms with Crippen LogP contribution in [0, 0.1) is 0 Å². The van der Waals surface area contributed by atoms with E-state index in [0.29, 0.717) is 0 Å². The average Bonchev–Trinajstić information content (AvgIpc) is 2.94. The molecule has 0 aliphatic carbocycles. The first kappa shape index (κ1) is 31.3. The van der Waals surface area contributed by atoms with Crippen molar-refractivity contribution in [1.82, 2.24) is 9.97 Å². The van der Waals surface area contributed by atoms with E-state index in [1.54, 1.807) is 0 Å². The van der Waals surface area contributed by atoms with Crippen molar-refractivity contribution in [3.63, 3.8) is 0 Å². The van der Waals surface area contributed by atoms with E-state index in [9.17, 15) is 0 Å². The van der Waals surface area contributed by atoms with E-state index in [-0.39, 0.29) is 0 Å². The minimum Gasteiger partial charge on any atom is -0.493 e. The molecule has 4 nitrogen and oxygen atoms in total. The van der Waals surface area contributed by atoms with Crippen molar-refractivity contribution in [1.29, 1.82) is 0 Å². The van der Waals surface area contributed by atoms with Gasteiger partial charge in [-0.3, -0.25) is 0 Å². The number of benzene rings is 1. The summed E-state index contributed by atoms with van der Waals surface area (Å²) in [6.45, 7) is 15.2. The van der Waals surface area contributed by atoms with Crippen LogP contribution in [0.3, 0.4) is 0 Å². The maximum Gasteiger partial charge on any atom is 0.159 e. The molecule has 0 bridgehead atoms. The summed E-state index contributed by atoms with van der Waals surface area (Å²) in [6, 6.07) is 8.30. The predicted octanol–water partition coefficient (Wildman–Crippen LogP) is 9.03. The number of unbranched alkanes of at least 4 members (excludes halogenated alkanes) is 8. The summed E-state index contributed by atoms with van der Waals surface area (Å²) in [7, 11) is 0. The third kappa shape index (κ3) is 12.4. The molecule has 0 N–H and O–H groups in total. The third-order valence-corrected chi connectivity index (χ3v) is 7.64. The Bertz CT molecular complexity index is 782. The molecule has 208 valence electrons. The Hall–Kier alpha value is -1.94. The minimum absolute atomic E-state index is 0.785. The van der Waals surface area contributed by atoms with Crippen molar-refractivity contribution >= 4 is 0 Å². The molecule has 1 aromatic carbocycles. The van der Waals surface area contributed by atoms with Gasteiger partial charge in [0.05, 0.1) is 32.8 Å². The van der Waals surface area contributed by atoms with Gasteiger partial charge in [0.1, 0.15) is 5.75 Å². The van der Waals surface area contributed by atoms with E-state index in [2.05, 4.69) is 61.9 Å². The molecule has 0 spiro atoms. The minimum atomic E-state index is 0.785. The van der Waals surface area contributed by atoms with E-state index < -0.39 is 0 Å². The summed E-state index contributed by atoms with van der Waals surface area (Å²) in [6.07, 6.45) is 21.9. The van der Waals surface area contributed by atoms with E-state index >= 15 is 0 Å². The van der Waals surface area contributed by atoms with Crippen molar-refractivity contribution in [2.24, 2.45) is 0 Å². The van der Waals surface area contributed by atoms with Crippen LogP contribution in [0.1, 0.15) is 117 Å². The zero-order valence-corrected chi connectivity index (χ0v) is 24.6. The van der Waals surface area contributed by atoms with Gasteiger partial charge in [-0.05, 0) is 61.9 Å². The zero-order chi connectivity index (χ0) is 26.6. The number of rotatable bonds is 22. The topological polar surface area (TPSA) is 35.0 Å². The maximum absolute atomic E-state index is 6.15. The van der Waals surface area contributed by atoms with Crippen LogP contribution < -0.4 is 4.74 Å². The summed E-state index contributed by atoms with van der Waals surface area (Å²) in [4.78, 5) is 9.26. The molecule has 0 radical (unpaired) electrons. The number of aryl methyl sites for hydroxylation is 1. The molecule has 2 rings (SSSR count). The lowest BCUT2D eigenvalue weighted by Crippen LogP contribution is -2.51. The number of nitrogens with zero attached hydrogens (tertiary/aromatic N) is 3. The van der Waals surface area contributed by atoms with Gasteiger partial charge in [0, 0.05) is 24.4 Å². The molecule has 37 heavy (non-hydrogen) atoms. The largest absolute Gasteiger partial charge is 0.493 e. The van der Waals surface area contributed by atoms with E-state index in [1.807, 2.05) is 12.4 Å². The van der Waals surface area contributed by atoms with Gasteiger partial charge in [-0.25, -0.2) is 9.97 Å². The second-order valence-corrected chi connectivity index (χ2v) is 11.0. The van der Waals surface area contributed by atoms with Crippen LogP contribution in [0.2, 0.25) is 0 Å². The van der Waals surface area contributed by atoms with Crippen molar-refractivity contribution in [3.8, 4) is 17.1 Å². The molecule has 4 heteroatoms. The molecule has 0 unspecified atom stereocenters. The van der Waals surface area contributed by atoms with Crippen LogP contribution in [0.25, 0.3) is 11.4 Å². The van der Waals surface area contributed by atoms with Crippen LogP contribution in [-0.2, 0) is 6.42 Å². The molecule has 0 saturated carbocycles. The van der Waals surface area contributed by atoms with Gasteiger partial charge in [0.2, 0.25) is 0 Å². The molecular weight excluding hydrogens is 454 g/mol. The number of quaternary nitrogens is 1.